The third-order valence-corrected chi connectivity index (χ3v) is 3.77. The molecule has 112 valence electrons. The number of hydrogen-bond acceptors (Lipinski definition) is 5. The van der Waals surface area contributed by atoms with Gasteiger partial charge >= 0.3 is 0 Å². The fourth-order valence-corrected chi connectivity index (χ4v) is 2.42. The van der Waals surface area contributed by atoms with Crippen molar-refractivity contribution in [1.29, 1.82) is 0 Å². The Hall–Kier alpha value is -1.89. The van der Waals surface area contributed by atoms with Gasteiger partial charge in [-0.05, 0) is 42.3 Å². The minimum atomic E-state index is 0.766. The molecule has 0 N–H and O–H groups in total. The highest BCUT2D eigenvalue weighted by Crippen LogP contribution is 2.08. The molecule has 0 spiro atoms. The van der Waals surface area contributed by atoms with Gasteiger partial charge in [-0.1, -0.05) is 18.3 Å². The Morgan fingerprint density at radius 3 is 2.86 bits per heavy atom. The Labute approximate surface area is 130 Å². The average molecular weight is 304 g/mol. The van der Waals surface area contributed by atoms with E-state index in [-0.39, 0.29) is 0 Å². The van der Waals surface area contributed by atoms with Gasteiger partial charge < -0.3 is 4.90 Å². The first-order valence-corrected chi connectivity index (χ1v) is 7.50. The third-order valence-electron chi connectivity index (χ3n) is 3.31. The van der Waals surface area contributed by atoms with Crippen LogP contribution in [0.25, 0.3) is 0 Å². The highest BCUT2D eigenvalue weighted by Gasteiger charge is 2.10. The summed E-state index contributed by atoms with van der Waals surface area (Å²) in [6, 6.07) is 5.95. The van der Waals surface area contributed by atoms with Gasteiger partial charge in [-0.15, -0.1) is 5.10 Å². The summed E-state index contributed by atoms with van der Waals surface area (Å²) in [5.41, 5.74) is 1.04. The van der Waals surface area contributed by atoms with E-state index in [1.54, 1.807) is 4.68 Å². The van der Waals surface area contributed by atoms with Crippen molar-refractivity contribution in [2.24, 2.45) is 7.05 Å². The predicted octanol–water partition coefficient (Wildman–Crippen LogP) is 1.78. The zero-order chi connectivity index (χ0) is 15.1. The van der Waals surface area contributed by atoms with Crippen LogP contribution in [0.15, 0.2) is 24.4 Å². The molecule has 2 aromatic rings. The number of rotatable bonds is 7. The Morgan fingerprint density at radius 1 is 1.38 bits per heavy atom. The second-order valence-electron chi connectivity index (χ2n) is 4.80. The highest BCUT2D eigenvalue weighted by atomic mass is 32.1. The van der Waals surface area contributed by atoms with Crippen LogP contribution in [0, 0.1) is 0 Å². The first-order valence-electron chi connectivity index (χ1n) is 7.09. The molecule has 0 aromatic carbocycles. The lowest BCUT2D eigenvalue weighted by Gasteiger charge is -2.23. The lowest BCUT2D eigenvalue weighted by molar-refractivity contribution is 0.426. The van der Waals surface area contributed by atoms with Crippen molar-refractivity contribution >= 4 is 17.2 Å². The molecule has 0 saturated carbocycles. The van der Waals surface area contributed by atoms with Crippen LogP contribution >= 0.6 is 12.2 Å². The van der Waals surface area contributed by atoms with Crippen molar-refractivity contribution in [1.82, 2.24) is 30.1 Å². The van der Waals surface area contributed by atoms with E-state index in [0.717, 1.165) is 48.9 Å². The minimum Gasteiger partial charge on any atom is -0.361 e. The fourth-order valence-electron chi connectivity index (χ4n) is 2.08. The summed E-state index contributed by atoms with van der Waals surface area (Å²) in [5, 5.41) is 11.4. The monoisotopic (exact) mass is 304 g/mol. The number of tetrazole rings is 1. The Bertz CT molecular complexity index is 568. The van der Waals surface area contributed by atoms with Gasteiger partial charge in [0, 0.05) is 26.2 Å². The molecule has 0 fully saturated rings. The molecular formula is C14H20N6S. The summed E-state index contributed by atoms with van der Waals surface area (Å²) in [5.74, 6) is 0.894. The maximum absolute atomic E-state index is 5.54. The summed E-state index contributed by atoms with van der Waals surface area (Å²) in [6.07, 6.45) is 4.46. The predicted molar refractivity (Wildman–Crippen MR) is 84.7 cm³/mol. The average Bonchev–Trinajstić information content (AvgIpc) is 2.91. The molecule has 0 unspecified atom stereocenters. The maximum Gasteiger partial charge on any atom is 0.150 e. The van der Waals surface area contributed by atoms with E-state index < -0.39 is 0 Å². The van der Waals surface area contributed by atoms with Gasteiger partial charge in [0.1, 0.15) is 0 Å². The van der Waals surface area contributed by atoms with E-state index in [1.807, 2.05) is 31.4 Å². The van der Waals surface area contributed by atoms with Crippen molar-refractivity contribution in [3.63, 3.8) is 0 Å². The van der Waals surface area contributed by atoms with E-state index >= 15 is 0 Å². The Kier molecular flexibility index (Phi) is 5.74. The number of hydrogen-bond donors (Lipinski definition) is 0. The summed E-state index contributed by atoms with van der Waals surface area (Å²) in [7, 11) is 1.85. The van der Waals surface area contributed by atoms with E-state index in [0.29, 0.717) is 0 Å². The van der Waals surface area contributed by atoms with Crippen LogP contribution in [-0.4, -0.2) is 41.6 Å². The van der Waals surface area contributed by atoms with Gasteiger partial charge in [-0.2, -0.15) is 0 Å². The summed E-state index contributed by atoms with van der Waals surface area (Å²) in [4.78, 5) is 7.51. The van der Waals surface area contributed by atoms with Crippen LogP contribution in [-0.2, 0) is 20.0 Å². The molecular weight excluding hydrogens is 284 g/mol. The molecule has 0 aliphatic heterocycles. The molecule has 2 aromatic heterocycles. The van der Waals surface area contributed by atoms with Gasteiger partial charge in [0.2, 0.25) is 0 Å². The minimum absolute atomic E-state index is 0.766. The number of aryl methyl sites for hydroxylation is 2. The highest BCUT2D eigenvalue weighted by molar-refractivity contribution is 7.80. The van der Waals surface area contributed by atoms with Crippen molar-refractivity contribution < 1.29 is 0 Å². The van der Waals surface area contributed by atoms with Gasteiger partial charge in [0.25, 0.3) is 0 Å². The van der Waals surface area contributed by atoms with Crippen LogP contribution in [0.4, 0.5) is 0 Å². The second-order valence-corrected chi connectivity index (χ2v) is 5.27. The summed E-state index contributed by atoms with van der Waals surface area (Å²) < 4.78 is 1.70. The quantitative estimate of drug-likeness (QED) is 0.727. The van der Waals surface area contributed by atoms with Crippen molar-refractivity contribution in [2.45, 2.75) is 32.7 Å². The lowest BCUT2D eigenvalue weighted by Crippen LogP contribution is -2.29. The van der Waals surface area contributed by atoms with E-state index in [4.69, 9.17) is 12.2 Å². The number of aromatic nitrogens is 5. The van der Waals surface area contributed by atoms with Crippen molar-refractivity contribution in [2.75, 3.05) is 6.54 Å². The smallest absolute Gasteiger partial charge is 0.150 e. The van der Waals surface area contributed by atoms with E-state index in [1.165, 1.54) is 0 Å². The molecule has 0 saturated heterocycles. The first-order chi connectivity index (χ1) is 10.2. The van der Waals surface area contributed by atoms with Crippen LogP contribution in [0.3, 0.4) is 0 Å². The normalized spacial score (nSPS) is 10.6. The van der Waals surface area contributed by atoms with Crippen LogP contribution in [0.2, 0.25) is 0 Å². The summed E-state index contributed by atoms with van der Waals surface area (Å²) >= 11 is 5.54. The molecule has 0 atom stereocenters. The standard InChI is InChI=1S/C14H20N6S/c1-3-20(11-12-7-4-5-10-15-12)14(21)9-6-8-13-16-17-18-19(13)2/h4-5,7,10H,3,6,8-9,11H2,1-2H3. The van der Waals surface area contributed by atoms with Crippen LogP contribution < -0.4 is 0 Å². The number of thiocarbonyl (C=S) groups is 1. The molecule has 0 radical (unpaired) electrons. The van der Waals surface area contributed by atoms with Gasteiger partial charge in [-0.25, -0.2) is 4.68 Å². The maximum atomic E-state index is 5.54. The van der Waals surface area contributed by atoms with Crippen molar-refractivity contribution in [3.05, 3.63) is 35.9 Å². The Balaban J connectivity index is 1.81. The molecule has 0 aliphatic carbocycles. The summed E-state index contributed by atoms with van der Waals surface area (Å²) in [6.45, 7) is 3.77. The molecule has 21 heavy (non-hydrogen) atoms. The van der Waals surface area contributed by atoms with Gasteiger partial charge in [-0.3, -0.25) is 4.98 Å². The zero-order valence-electron chi connectivity index (χ0n) is 12.4. The molecule has 6 nitrogen and oxygen atoms in total. The number of nitrogens with zero attached hydrogens (tertiary/aromatic N) is 6. The molecule has 0 bridgehead atoms. The van der Waals surface area contributed by atoms with Gasteiger partial charge in [0.05, 0.1) is 17.2 Å². The van der Waals surface area contributed by atoms with E-state index in [2.05, 4.69) is 32.3 Å². The first kappa shape index (κ1) is 15.5. The SMILES string of the molecule is CCN(Cc1ccccn1)C(=S)CCCc1nnnn1C. The lowest BCUT2D eigenvalue weighted by atomic mass is 10.2. The van der Waals surface area contributed by atoms with Crippen LogP contribution in [0.1, 0.15) is 31.3 Å². The second kappa shape index (κ2) is 7.78. The fraction of sp³-hybridized carbons (Fsp3) is 0.500. The largest absolute Gasteiger partial charge is 0.361 e. The molecule has 2 heterocycles. The van der Waals surface area contributed by atoms with Crippen LogP contribution in [0.5, 0.6) is 0 Å². The molecule has 2 rings (SSSR count). The molecule has 0 amide bonds. The number of pyridine rings is 1. The molecule has 0 aliphatic rings. The topological polar surface area (TPSA) is 59.7 Å². The third kappa shape index (κ3) is 4.56. The van der Waals surface area contributed by atoms with E-state index in [9.17, 15) is 0 Å². The Morgan fingerprint density at radius 2 is 2.24 bits per heavy atom. The zero-order valence-corrected chi connectivity index (χ0v) is 13.3. The van der Waals surface area contributed by atoms with Gasteiger partial charge in [0.15, 0.2) is 5.82 Å². The van der Waals surface area contributed by atoms with Crippen molar-refractivity contribution in [3.8, 4) is 0 Å². The molecule has 7 heteroatoms.